The van der Waals surface area contributed by atoms with Crippen LogP contribution in [0.5, 0.6) is 0 Å². The summed E-state index contributed by atoms with van der Waals surface area (Å²) in [6.45, 7) is 1.15. The van der Waals surface area contributed by atoms with Crippen LogP contribution in [0.25, 0.3) is 0 Å². The largest absolute Gasteiger partial charge is 0.386 e. The Kier molecular flexibility index (Phi) is 3.93. The first-order valence-corrected chi connectivity index (χ1v) is 8.04. The molecule has 0 atom stereocenters. The number of amidine groups is 1. The van der Waals surface area contributed by atoms with Gasteiger partial charge in [0.05, 0.1) is 5.54 Å². The van der Waals surface area contributed by atoms with Crippen molar-refractivity contribution in [2.45, 2.75) is 50.5 Å². The lowest BCUT2D eigenvalue weighted by atomic mass is 9.98. The summed E-state index contributed by atoms with van der Waals surface area (Å²) in [6, 6.07) is 0. The normalized spacial score (nSPS) is 25.1. The van der Waals surface area contributed by atoms with E-state index in [9.17, 15) is 8.42 Å². The van der Waals surface area contributed by atoms with Crippen molar-refractivity contribution < 1.29 is 8.42 Å². The zero-order valence-electron chi connectivity index (χ0n) is 10.6. The topological polar surface area (TPSA) is 99.3 Å². The van der Waals surface area contributed by atoms with Crippen molar-refractivity contribution in [2.75, 3.05) is 13.1 Å². The minimum atomic E-state index is -3.51. The first-order valence-electron chi connectivity index (χ1n) is 6.60. The second-order valence-corrected chi connectivity index (χ2v) is 6.94. The number of nitrogens with two attached hydrogens (primary N) is 1. The maximum atomic E-state index is 12.3. The smallest absolute Gasteiger partial charge is 0.280 e. The minimum absolute atomic E-state index is 0.0550. The van der Waals surface area contributed by atoms with E-state index in [4.69, 9.17) is 11.1 Å². The molecule has 6 nitrogen and oxygen atoms in total. The van der Waals surface area contributed by atoms with Gasteiger partial charge in [0.25, 0.3) is 10.2 Å². The lowest BCUT2D eigenvalue weighted by Gasteiger charge is -2.33. The molecular weight excluding hydrogens is 252 g/mol. The van der Waals surface area contributed by atoms with E-state index in [0.717, 1.165) is 32.1 Å². The van der Waals surface area contributed by atoms with Gasteiger partial charge in [-0.25, -0.2) is 0 Å². The Morgan fingerprint density at radius 2 is 1.67 bits per heavy atom. The van der Waals surface area contributed by atoms with Crippen LogP contribution < -0.4 is 10.5 Å². The van der Waals surface area contributed by atoms with Gasteiger partial charge in [0.1, 0.15) is 5.84 Å². The molecule has 1 aliphatic heterocycles. The van der Waals surface area contributed by atoms with E-state index in [1.807, 2.05) is 0 Å². The van der Waals surface area contributed by atoms with Crippen LogP contribution in [0.4, 0.5) is 0 Å². The number of rotatable bonds is 4. The van der Waals surface area contributed by atoms with Crippen molar-refractivity contribution in [2.24, 2.45) is 5.73 Å². The van der Waals surface area contributed by atoms with Crippen molar-refractivity contribution in [1.82, 2.24) is 9.03 Å². The lowest BCUT2D eigenvalue weighted by molar-refractivity contribution is 0.334. The molecule has 104 valence electrons. The van der Waals surface area contributed by atoms with Gasteiger partial charge in [-0.05, 0) is 25.7 Å². The molecule has 7 heteroatoms. The number of hydrogen-bond donors (Lipinski definition) is 3. The number of nitrogens with one attached hydrogen (secondary N) is 2. The molecule has 0 amide bonds. The van der Waals surface area contributed by atoms with Crippen LogP contribution in [0.15, 0.2) is 0 Å². The molecule has 2 rings (SSSR count). The molecule has 1 saturated carbocycles. The molecule has 1 saturated heterocycles. The van der Waals surface area contributed by atoms with E-state index < -0.39 is 15.7 Å². The van der Waals surface area contributed by atoms with E-state index in [1.54, 1.807) is 0 Å². The molecule has 1 heterocycles. The van der Waals surface area contributed by atoms with Gasteiger partial charge < -0.3 is 5.73 Å². The number of hydrogen-bond acceptors (Lipinski definition) is 3. The number of nitrogens with zero attached hydrogens (tertiary/aromatic N) is 1. The molecule has 0 aromatic carbocycles. The summed E-state index contributed by atoms with van der Waals surface area (Å²) in [5, 5.41) is 7.67. The Morgan fingerprint density at radius 1 is 1.11 bits per heavy atom. The third kappa shape index (κ3) is 2.67. The Hall–Kier alpha value is -0.660. The fourth-order valence-electron chi connectivity index (χ4n) is 2.82. The summed E-state index contributed by atoms with van der Waals surface area (Å²) in [4.78, 5) is 0. The van der Waals surface area contributed by atoms with Gasteiger partial charge >= 0.3 is 0 Å². The third-order valence-corrected chi connectivity index (χ3v) is 5.65. The monoisotopic (exact) mass is 274 g/mol. The van der Waals surface area contributed by atoms with Crippen LogP contribution in [0.2, 0.25) is 0 Å². The first kappa shape index (κ1) is 13.8. The van der Waals surface area contributed by atoms with Gasteiger partial charge in [0, 0.05) is 13.1 Å². The van der Waals surface area contributed by atoms with Gasteiger partial charge in [-0.1, -0.05) is 19.3 Å². The lowest BCUT2D eigenvalue weighted by Crippen LogP contribution is -2.59. The molecule has 0 aromatic rings. The Balaban J connectivity index is 2.12. The second-order valence-electron chi connectivity index (χ2n) is 5.27. The molecule has 0 aromatic heterocycles. The van der Waals surface area contributed by atoms with Crippen molar-refractivity contribution in [3.63, 3.8) is 0 Å². The maximum Gasteiger partial charge on any atom is 0.280 e. The van der Waals surface area contributed by atoms with Crippen LogP contribution in [0, 0.1) is 5.41 Å². The Labute approximate surface area is 109 Å². The highest BCUT2D eigenvalue weighted by Crippen LogP contribution is 2.31. The molecule has 0 radical (unpaired) electrons. The maximum absolute atomic E-state index is 12.3. The molecule has 0 unspecified atom stereocenters. The fraction of sp³-hybridized carbons (Fsp3) is 0.909. The zero-order chi connectivity index (χ0) is 13.2. The van der Waals surface area contributed by atoms with Gasteiger partial charge in [0.2, 0.25) is 0 Å². The SMILES string of the molecule is N=C(N)C1(NS(=O)(=O)N2CCCCC2)CCCC1. The Morgan fingerprint density at radius 3 is 2.17 bits per heavy atom. The minimum Gasteiger partial charge on any atom is -0.386 e. The predicted octanol–water partition coefficient (Wildman–Crippen LogP) is 0.555. The van der Waals surface area contributed by atoms with Crippen molar-refractivity contribution in [1.29, 1.82) is 5.41 Å². The summed E-state index contributed by atoms with van der Waals surface area (Å²) in [6.07, 6.45) is 6.01. The quantitative estimate of drug-likeness (QED) is 0.516. The van der Waals surface area contributed by atoms with Crippen LogP contribution in [0.3, 0.4) is 0 Å². The molecule has 1 aliphatic carbocycles. The molecule has 18 heavy (non-hydrogen) atoms. The molecule has 4 N–H and O–H groups in total. The van der Waals surface area contributed by atoms with E-state index >= 15 is 0 Å². The zero-order valence-corrected chi connectivity index (χ0v) is 11.4. The second kappa shape index (κ2) is 5.14. The molecule has 2 aliphatic rings. The Bertz CT molecular complexity index is 409. The van der Waals surface area contributed by atoms with Gasteiger partial charge in [-0.15, -0.1) is 0 Å². The van der Waals surface area contributed by atoms with Gasteiger partial charge in [-0.3, -0.25) is 5.41 Å². The average Bonchev–Trinajstić information content (AvgIpc) is 2.79. The van der Waals surface area contributed by atoms with Crippen molar-refractivity contribution >= 4 is 16.0 Å². The van der Waals surface area contributed by atoms with Crippen LogP contribution in [0.1, 0.15) is 44.9 Å². The highest BCUT2D eigenvalue weighted by molar-refractivity contribution is 7.87. The van der Waals surface area contributed by atoms with E-state index in [-0.39, 0.29) is 5.84 Å². The molecule has 0 spiro atoms. The summed E-state index contributed by atoms with van der Waals surface area (Å²) in [5.74, 6) is -0.0550. The van der Waals surface area contributed by atoms with Crippen LogP contribution >= 0.6 is 0 Å². The third-order valence-electron chi connectivity index (χ3n) is 3.95. The van der Waals surface area contributed by atoms with Crippen molar-refractivity contribution in [3.8, 4) is 0 Å². The van der Waals surface area contributed by atoms with E-state index in [2.05, 4.69) is 4.72 Å². The van der Waals surface area contributed by atoms with Crippen LogP contribution in [-0.2, 0) is 10.2 Å². The summed E-state index contributed by atoms with van der Waals surface area (Å²) >= 11 is 0. The number of piperidine rings is 1. The van der Waals surface area contributed by atoms with Gasteiger partial charge in [0.15, 0.2) is 0 Å². The van der Waals surface area contributed by atoms with Crippen molar-refractivity contribution in [3.05, 3.63) is 0 Å². The molecular formula is C11H22N4O2S. The standard InChI is InChI=1S/C11H22N4O2S/c12-10(13)11(6-2-3-7-11)14-18(16,17)15-8-4-1-5-9-15/h14H,1-9H2,(H3,12,13). The highest BCUT2D eigenvalue weighted by Gasteiger charge is 2.42. The highest BCUT2D eigenvalue weighted by atomic mass is 32.2. The van der Waals surface area contributed by atoms with E-state index in [1.165, 1.54) is 4.31 Å². The molecule has 2 fully saturated rings. The summed E-state index contributed by atoms with van der Waals surface area (Å²) in [5.41, 5.74) is 4.77. The predicted molar refractivity (Wildman–Crippen MR) is 70.6 cm³/mol. The van der Waals surface area contributed by atoms with Gasteiger partial charge in [-0.2, -0.15) is 17.4 Å². The summed E-state index contributed by atoms with van der Waals surface area (Å²) in [7, 11) is -3.51. The first-order chi connectivity index (χ1) is 8.46. The fourth-order valence-corrected chi connectivity index (χ4v) is 4.50. The van der Waals surface area contributed by atoms with E-state index in [0.29, 0.717) is 25.9 Å². The average molecular weight is 274 g/mol. The molecule has 0 bridgehead atoms. The summed E-state index contributed by atoms with van der Waals surface area (Å²) < 4.78 is 28.8. The van der Waals surface area contributed by atoms with Crippen LogP contribution in [-0.4, -0.2) is 37.2 Å².